The van der Waals surface area contributed by atoms with Crippen LogP contribution in [0.2, 0.25) is 0 Å². The van der Waals surface area contributed by atoms with Crippen molar-refractivity contribution in [2.45, 2.75) is 6.18 Å². The quantitative estimate of drug-likeness (QED) is 0.228. The molecule has 11 heteroatoms. The minimum Gasteiger partial charge on any atom is -0.478 e. The third-order valence-corrected chi connectivity index (χ3v) is 7.95. The van der Waals surface area contributed by atoms with Crippen LogP contribution < -0.4 is 15.1 Å². The summed E-state index contributed by atoms with van der Waals surface area (Å²) < 4.78 is 45.8. The summed E-state index contributed by atoms with van der Waals surface area (Å²) in [5.41, 5.74) is 3.81. The van der Waals surface area contributed by atoms with E-state index in [-0.39, 0.29) is 11.3 Å². The monoisotopic (exact) mass is 584 g/mol. The SMILES string of the molecule is O=C(O)c1ccc(Nc2cc(N3CCN(c4cccc(C(F)(F)F)c4)CC3)c3noc4c3c2C(=O)c2ccccc2-4)cc1. The second-order valence-electron chi connectivity index (χ2n) is 10.5. The highest BCUT2D eigenvalue weighted by Crippen LogP contribution is 2.46. The van der Waals surface area contributed by atoms with Gasteiger partial charge in [0.1, 0.15) is 5.52 Å². The number of carbonyl (C=O) groups excluding carboxylic acids is 1. The Kier molecular flexibility index (Phi) is 6.12. The van der Waals surface area contributed by atoms with Gasteiger partial charge in [0, 0.05) is 48.7 Å². The fourth-order valence-corrected chi connectivity index (χ4v) is 5.82. The first-order valence-corrected chi connectivity index (χ1v) is 13.6. The van der Waals surface area contributed by atoms with E-state index in [1.165, 1.54) is 24.3 Å². The number of benzene rings is 4. The summed E-state index contributed by atoms with van der Waals surface area (Å²) in [6.45, 7) is 1.92. The second kappa shape index (κ2) is 9.90. The first-order chi connectivity index (χ1) is 20.7. The van der Waals surface area contributed by atoms with Gasteiger partial charge in [0.15, 0.2) is 11.5 Å². The molecular formula is C32H23F3N4O4. The lowest BCUT2D eigenvalue weighted by Gasteiger charge is -2.38. The molecule has 0 radical (unpaired) electrons. The molecule has 2 heterocycles. The summed E-state index contributed by atoms with van der Waals surface area (Å²) in [4.78, 5) is 29.2. The lowest BCUT2D eigenvalue weighted by Crippen LogP contribution is -2.46. The summed E-state index contributed by atoms with van der Waals surface area (Å²) in [6.07, 6.45) is -4.42. The molecule has 0 unspecified atom stereocenters. The van der Waals surface area contributed by atoms with Crippen LogP contribution in [0.5, 0.6) is 0 Å². The van der Waals surface area contributed by atoms with Crippen LogP contribution in [-0.2, 0) is 6.18 Å². The van der Waals surface area contributed by atoms with Gasteiger partial charge in [-0.25, -0.2) is 4.79 Å². The second-order valence-corrected chi connectivity index (χ2v) is 10.5. The Balaban J connectivity index is 1.28. The highest BCUT2D eigenvalue weighted by atomic mass is 19.4. The van der Waals surface area contributed by atoms with Gasteiger partial charge in [-0.15, -0.1) is 0 Å². The fourth-order valence-electron chi connectivity index (χ4n) is 5.82. The van der Waals surface area contributed by atoms with E-state index >= 15 is 0 Å². The molecule has 7 rings (SSSR count). The number of hydrogen-bond donors (Lipinski definition) is 2. The number of carboxylic acid groups (broad SMARTS) is 1. The number of nitrogens with one attached hydrogen (secondary N) is 1. The Morgan fingerprint density at radius 2 is 1.58 bits per heavy atom. The van der Waals surface area contributed by atoms with E-state index < -0.39 is 17.7 Å². The molecule has 1 saturated heterocycles. The van der Waals surface area contributed by atoms with E-state index in [1.54, 1.807) is 30.3 Å². The molecule has 0 bridgehead atoms. The van der Waals surface area contributed by atoms with Crippen molar-refractivity contribution in [1.82, 2.24) is 5.16 Å². The summed E-state index contributed by atoms with van der Waals surface area (Å²) in [5.74, 6) is -0.758. The standard InChI is InChI=1S/C32H23F3N4O4/c33-32(34,35)19-4-3-5-21(16-19)38-12-14-39(15-13-38)25-17-24(36-20-10-8-18(9-11-20)31(41)42)26-27-28(25)37-43-30(27)23-7-2-1-6-22(23)29(26)40/h1-11,16-17,36H,12-15H2,(H,41,42). The number of rotatable bonds is 5. The highest BCUT2D eigenvalue weighted by molar-refractivity contribution is 6.28. The molecule has 0 saturated carbocycles. The zero-order chi connectivity index (χ0) is 29.9. The number of fused-ring (bicyclic) bond motifs is 2. The van der Waals surface area contributed by atoms with Crippen LogP contribution in [0.4, 0.5) is 35.9 Å². The molecule has 43 heavy (non-hydrogen) atoms. The van der Waals surface area contributed by atoms with E-state index in [0.29, 0.717) is 82.3 Å². The Labute approximate surface area is 242 Å². The molecule has 1 aromatic heterocycles. The molecule has 8 nitrogen and oxygen atoms in total. The average molecular weight is 585 g/mol. The number of aromatic nitrogens is 1. The van der Waals surface area contributed by atoms with Gasteiger partial charge in [0.2, 0.25) is 0 Å². The number of piperazine rings is 1. The van der Waals surface area contributed by atoms with Gasteiger partial charge in [0.25, 0.3) is 0 Å². The maximum absolute atomic E-state index is 13.8. The van der Waals surface area contributed by atoms with Crippen LogP contribution in [0.3, 0.4) is 0 Å². The smallest absolute Gasteiger partial charge is 0.416 e. The van der Waals surface area contributed by atoms with Crippen molar-refractivity contribution in [3.8, 4) is 11.3 Å². The number of hydrogen-bond acceptors (Lipinski definition) is 7. The van der Waals surface area contributed by atoms with Gasteiger partial charge >= 0.3 is 12.1 Å². The van der Waals surface area contributed by atoms with Crippen molar-refractivity contribution in [2.75, 3.05) is 41.3 Å². The van der Waals surface area contributed by atoms with E-state index in [2.05, 4.69) is 15.4 Å². The van der Waals surface area contributed by atoms with Crippen molar-refractivity contribution in [3.05, 3.63) is 101 Å². The summed E-state index contributed by atoms with van der Waals surface area (Å²) in [7, 11) is 0. The Bertz CT molecular complexity index is 1910. The molecule has 2 N–H and O–H groups in total. The largest absolute Gasteiger partial charge is 0.478 e. The molecule has 216 valence electrons. The zero-order valence-corrected chi connectivity index (χ0v) is 22.5. The van der Waals surface area contributed by atoms with Crippen LogP contribution >= 0.6 is 0 Å². The van der Waals surface area contributed by atoms with Crippen molar-refractivity contribution in [1.29, 1.82) is 0 Å². The van der Waals surface area contributed by atoms with Crippen molar-refractivity contribution in [2.24, 2.45) is 0 Å². The van der Waals surface area contributed by atoms with Crippen molar-refractivity contribution < 1.29 is 32.4 Å². The lowest BCUT2D eigenvalue weighted by atomic mass is 9.86. The third-order valence-electron chi connectivity index (χ3n) is 7.95. The third kappa shape index (κ3) is 4.53. The van der Waals surface area contributed by atoms with Gasteiger partial charge in [-0.3, -0.25) is 4.79 Å². The minimum absolute atomic E-state index is 0.132. The number of anilines is 4. The molecule has 4 aromatic carbocycles. The molecule has 0 amide bonds. The lowest BCUT2D eigenvalue weighted by molar-refractivity contribution is -0.137. The summed E-state index contributed by atoms with van der Waals surface area (Å²) in [6, 6.07) is 20.5. The van der Waals surface area contributed by atoms with Crippen LogP contribution in [-0.4, -0.2) is 48.2 Å². The van der Waals surface area contributed by atoms with E-state index in [9.17, 15) is 27.9 Å². The first-order valence-electron chi connectivity index (χ1n) is 13.6. The minimum atomic E-state index is -4.42. The molecular weight excluding hydrogens is 561 g/mol. The molecule has 1 aliphatic heterocycles. The van der Waals surface area contributed by atoms with Gasteiger partial charge in [-0.2, -0.15) is 13.2 Å². The highest BCUT2D eigenvalue weighted by Gasteiger charge is 2.35. The van der Waals surface area contributed by atoms with Crippen molar-refractivity contribution >= 4 is 45.4 Å². The number of alkyl halides is 3. The number of aromatic carboxylic acids is 1. The maximum atomic E-state index is 13.8. The van der Waals surface area contributed by atoms with E-state index in [4.69, 9.17) is 4.52 Å². The topological polar surface area (TPSA) is 98.9 Å². The van der Waals surface area contributed by atoms with Crippen LogP contribution in [0.1, 0.15) is 31.8 Å². The van der Waals surface area contributed by atoms with E-state index in [1.807, 2.05) is 23.1 Å². The fraction of sp³-hybridized carbons (Fsp3) is 0.156. The van der Waals surface area contributed by atoms with Gasteiger partial charge in [0.05, 0.1) is 33.5 Å². The molecule has 1 aliphatic carbocycles. The Morgan fingerprint density at radius 3 is 2.28 bits per heavy atom. The van der Waals surface area contributed by atoms with Crippen molar-refractivity contribution in [3.63, 3.8) is 0 Å². The Hall–Kier alpha value is -5.32. The number of carbonyl (C=O) groups is 2. The average Bonchev–Trinajstić information content (AvgIpc) is 3.45. The molecule has 2 aliphatic rings. The first kappa shape index (κ1) is 26.6. The molecule has 1 fully saturated rings. The van der Waals surface area contributed by atoms with Gasteiger partial charge in [-0.05, 0) is 48.5 Å². The number of halogens is 3. The number of nitrogens with zero attached hydrogens (tertiary/aromatic N) is 3. The van der Waals surface area contributed by atoms with Crippen LogP contribution in [0.15, 0.2) is 83.4 Å². The molecule has 0 spiro atoms. The molecule has 0 atom stereocenters. The van der Waals surface area contributed by atoms with Crippen LogP contribution in [0.25, 0.3) is 22.2 Å². The van der Waals surface area contributed by atoms with E-state index in [0.717, 1.165) is 6.07 Å². The van der Waals surface area contributed by atoms with Crippen LogP contribution in [0, 0.1) is 0 Å². The Morgan fingerprint density at radius 1 is 0.884 bits per heavy atom. The number of ketones is 1. The number of carboxylic acids is 1. The summed E-state index contributed by atoms with van der Waals surface area (Å²) in [5, 5.41) is 17.6. The summed E-state index contributed by atoms with van der Waals surface area (Å²) >= 11 is 0. The normalized spacial score (nSPS) is 14.6. The predicted octanol–water partition coefficient (Wildman–Crippen LogP) is 6.83. The maximum Gasteiger partial charge on any atom is 0.416 e. The molecule has 5 aromatic rings. The predicted molar refractivity (Wildman–Crippen MR) is 155 cm³/mol. The van der Waals surface area contributed by atoms with Gasteiger partial charge in [-0.1, -0.05) is 35.5 Å². The van der Waals surface area contributed by atoms with Gasteiger partial charge < -0.3 is 24.7 Å². The zero-order valence-electron chi connectivity index (χ0n) is 22.5.